The van der Waals surface area contributed by atoms with Crippen LogP contribution in [0.1, 0.15) is 10.4 Å². The smallest absolute Gasteiger partial charge is 0.123 e. The fourth-order valence-corrected chi connectivity index (χ4v) is 3.42. The van der Waals surface area contributed by atoms with Crippen molar-refractivity contribution in [3.05, 3.63) is 76.4 Å². The van der Waals surface area contributed by atoms with Crippen LogP contribution in [0.2, 0.25) is 0 Å². The van der Waals surface area contributed by atoms with Crippen LogP contribution in [-0.4, -0.2) is 9.78 Å². The van der Waals surface area contributed by atoms with E-state index in [-0.39, 0.29) is 5.82 Å². The van der Waals surface area contributed by atoms with Gasteiger partial charge in [-0.3, -0.25) is 4.68 Å². The SMILES string of the molecule is Cc1sccc1Nc1ccc2c(cnn2Cc2cccc(F)c2)c1. The molecule has 2 heterocycles. The lowest BCUT2D eigenvalue weighted by Crippen LogP contribution is -2.01. The summed E-state index contributed by atoms with van der Waals surface area (Å²) in [6, 6.07) is 14.9. The lowest BCUT2D eigenvalue weighted by molar-refractivity contribution is 0.621. The van der Waals surface area contributed by atoms with E-state index in [4.69, 9.17) is 0 Å². The lowest BCUT2D eigenvalue weighted by atomic mass is 10.2. The highest BCUT2D eigenvalue weighted by molar-refractivity contribution is 7.10. The van der Waals surface area contributed by atoms with Gasteiger partial charge in [0.2, 0.25) is 0 Å². The van der Waals surface area contributed by atoms with Gasteiger partial charge in [-0.1, -0.05) is 12.1 Å². The largest absolute Gasteiger partial charge is 0.355 e. The molecular formula is C19H16FN3S. The van der Waals surface area contributed by atoms with Gasteiger partial charge in [0.15, 0.2) is 0 Å². The predicted molar refractivity (Wildman–Crippen MR) is 97.6 cm³/mol. The molecule has 2 aromatic carbocycles. The highest BCUT2D eigenvalue weighted by atomic mass is 32.1. The van der Waals surface area contributed by atoms with Crippen molar-refractivity contribution in [2.45, 2.75) is 13.5 Å². The average Bonchev–Trinajstić information content (AvgIpc) is 3.14. The van der Waals surface area contributed by atoms with Crippen molar-refractivity contribution in [2.24, 2.45) is 0 Å². The van der Waals surface area contributed by atoms with E-state index >= 15 is 0 Å². The van der Waals surface area contributed by atoms with Crippen molar-refractivity contribution < 1.29 is 4.39 Å². The first-order chi connectivity index (χ1) is 11.7. The van der Waals surface area contributed by atoms with Crippen LogP contribution in [0.25, 0.3) is 10.9 Å². The average molecular weight is 337 g/mol. The molecule has 2 aromatic heterocycles. The maximum Gasteiger partial charge on any atom is 0.123 e. The molecule has 4 aromatic rings. The number of benzene rings is 2. The highest BCUT2D eigenvalue weighted by Gasteiger charge is 2.06. The number of hydrogen-bond acceptors (Lipinski definition) is 3. The van der Waals surface area contributed by atoms with Gasteiger partial charge in [-0.25, -0.2) is 4.39 Å². The number of rotatable bonds is 4. The highest BCUT2D eigenvalue weighted by Crippen LogP contribution is 2.27. The number of aryl methyl sites for hydroxylation is 1. The van der Waals surface area contributed by atoms with Gasteiger partial charge in [0.05, 0.1) is 23.9 Å². The Hall–Kier alpha value is -2.66. The Balaban J connectivity index is 1.62. The van der Waals surface area contributed by atoms with E-state index in [1.165, 1.54) is 10.9 Å². The topological polar surface area (TPSA) is 29.9 Å². The monoisotopic (exact) mass is 337 g/mol. The molecule has 24 heavy (non-hydrogen) atoms. The summed E-state index contributed by atoms with van der Waals surface area (Å²) in [6.45, 7) is 2.65. The van der Waals surface area contributed by atoms with E-state index in [9.17, 15) is 4.39 Å². The number of aromatic nitrogens is 2. The summed E-state index contributed by atoms with van der Waals surface area (Å²) in [5, 5.41) is 11.0. The van der Waals surface area contributed by atoms with Crippen molar-refractivity contribution in [3.8, 4) is 0 Å². The minimum absolute atomic E-state index is 0.221. The van der Waals surface area contributed by atoms with Gasteiger partial charge in [-0.15, -0.1) is 11.3 Å². The molecule has 0 atom stereocenters. The van der Waals surface area contributed by atoms with Gasteiger partial charge in [-0.05, 0) is 54.3 Å². The van der Waals surface area contributed by atoms with Crippen LogP contribution in [0.4, 0.5) is 15.8 Å². The molecule has 0 aliphatic heterocycles. The Kier molecular flexibility index (Phi) is 3.78. The third kappa shape index (κ3) is 2.90. The second kappa shape index (κ2) is 6.09. The molecule has 0 aliphatic carbocycles. The van der Waals surface area contributed by atoms with Crippen LogP contribution in [-0.2, 0) is 6.54 Å². The number of halogens is 1. The minimum atomic E-state index is -0.221. The van der Waals surface area contributed by atoms with Crippen LogP contribution in [0.15, 0.2) is 60.1 Å². The number of fused-ring (bicyclic) bond motifs is 1. The van der Waals surface area contributed by atoms with E-state index in [1.54, 1.807) is 23.5 Å². The molecule has 0 bridgehead atoms. The second-order valence-electron chi connectivity index (χ2n) is 5.72. The Labute approximate surface area is 143 Å². The molecule has 3 nitrogen and oxygen atoms in total. The lowest BCUT2D eigenvalue weighted by Gasteiger charge is -2.07. The first-order valence-corrected chi connectivity index (χ1v) is 8.58. The van der Waals surface area contributed by atoms with Crippen molar-refractivity contribution in [1.29, 1.82) is 0 Å². The summed E-state index contributed by atoms with van der Waals surface area (Å²) in [5.41, 5.74) is 4.10. The van der Waals surface area contributed by atoms with Crippen LogP contribution in [0, 0.1) is 12.7 Å². The van der Waals surface area contributed by atoms with Gasteiger partial charge in [0.25, 0.3) is 0 Å². The molecule has 120 valence electrons. The molecule has 5 heteroatoms. The van der Waals surface area contributed by atoms with Gasteiger partial charge in [-0.2, -0.15) is 5.10 Å². The molecule has 0 saturated heterocycles. The molecule has 0 unspecified atom stereocenters. The molecule has 4 rings (SSSR count). The summed E-state index contributed by atoms with van der Waals surface area (Å²) in [4.78, 5) is 1.26. The number of nitrogens with one attached hydrogen (secondary N) is 1. The van der Waals surface area contributed by atoms with Crippen molar-refractivity contribution in [3.63, 3.8) is 0 Å². The quantitative estimate of drug-likeness (QED) is 0.545. The summed E-state index contributed by atoms with van der Waals surface area (Å²) in [7, 11) is 0. The predicted octanol–water partition coefficient (Wildman–Crippen LogP) is 5.34. The van der Waals surface area contributed by atoms with Gasteiger partial charge in [0, 0.05) is 16.0 Å². The van der Waals surface area contributed by atoms with Crippen molar-refractivity contribution in [2.75, 3.05) is 5.32 Å². The first kappa shape index (κ1) is 14.9. The zero-order valence-electron chi connectivity index (χ0n) is 13.2. The van der Waals surface area contributed by atoms with E-state index in [1.807, 2.05) is 29.1 Å². The molecular weight excluding hydrogens is 321 g/mol. The molecule has 0 amide bonds. The fraction of sp³-hybridized carbons (Fsp3) is 0.105. The van der Waals surface area contributed by atoms with Gasteiger partial charge < -0.3 is 5.32 Å². The van der Waals surface area contributed by atoms with Crippen LogP contribution in [0.5, 0.6) is 0 Å². The van der Waals surface area contributed by atoms with Crippen molar-refractivity contribution >= 4 is 33.6 Å². The maximum atomic E-state index is 13.3. The Bertz CT molecular complexity index is 1000. The van der Waals surface area contributed by atoms with Crippen LogP contribution in [0.3, 0.4) is 0 Å². The van der Waals surface area contributed by atoms with E-state index in [0.717, 1.165) is 27.8 Å². The molecule has 0 saturated carbocycles. The van der Waals surface area contributed by atoms with Gasteiger partial charge >= 0.3 is 0 Å². The third-order valence-electron chi connectivity index (χ3n) is 4.00. The summed E-state index contributed by atoms with van der Waals surface area (Å²) in [6.07, 6.45) is 1.85. The summed E-state index contributed by atoms with van der Waals surface area (Å²) in [5.74, 6) is -0.221. The van der Waals surface area contributed by atoms with Crippen LogP contribution >= 0.6 is 11.3 Å². The Morgan fingerprint density at radius 3 is 2.88 bits per heavy atom. The van der Waals surface area contributed by atoms with Gasteiger partial charge in [0.1, 0.15) is 5.82 Å². The summed E-state index contributed by atoms with van der Waals surface area (Å²) < 4.78 is 15.2. The fourth-order valence-electron chi connectivity index (χ4n) is 2.77. The van der Waals surface area contributed by atoms with Crippen molar-refractivity contribution in [1.82, 2.24) is 9.78 Å². The molecule has 0 spiro atoms. The third-order valence-corrected chi connectivity index (χ3v) is 4.85. The van der Waals surface area contributed by atoms with E-state index in [2.05, 4.69) is 34.9 Å². The Morgan fingerprint density at radius 1 is 1.17 bits per heavy atom. The minimum Gasteiger partial charge on any atom is -0.355 e. The standard InChI is InChI=1S/C19H16FN3S/c1-13-18(7-8-24-13)22-17-5-6-19-15(10-17)11-21-23(19)12-14-3-2-4-16(20)9-14/h2-11,22H,12H2,1H3. The normalized spacial score (nSPS) is 11.1. The van der Waals surface area contributed by atoms with E-state index < -0.39 is 0 Å². The summed E-state index contributed by atoms with van der Waals surface area (Å²) >= 11 is 1.72. The number of nitrogens with zero attached hydrogens (tertiary/aromatic N) is 2. The second-order valence-corrected chi connectivity index (χ2v) is 6.84. The Morgan fingerprint density at radius 2 is 2.08 bits per heavy atom. The number of thiophene rings is 1. The first-order valence-electron chi connectivity index (χ1n) is 7.70. The molecule has 0 aliphatic rings. The maximum absolute atomic E-state index is 13.3. The molecule has 1 N–H and O–H groups in total. The molecule has 0 fully saturated rings. The van der Waals surface area contributed by atoms with Crippen LogP contribution < -0.4 is 5.32 Å². The van der Waals surface area contributed by atoms with E-state index in [0.29, 0.717) is 6.54 Å². The molecule has 0 radical (unpaired) electrons. The number of hydrogen-bond donors (Lipinski definition) is 1. The number of anilines is 2. The zero-order valence-corrected chi connectivity index (χ0v) is 14.0. The zero-order chi connectivity index (χ0) is 16.5.